The molecule has 0 aliphatic heterocycles. The van der Waals surface area contributed by atoms with Gasteiger partial charge in [-0.1, -0.05) is 17.7 Å². The molecule has 0 aliphatic rings. The molecule has 8 heteroatoms. The summed E-state index contributed by atoms with van der Waals surface area (Å²) in [6, 6.07) is 9.76. The average Bonchev–Trinajstić information content (AvgIpc) is 3.03. The molecule has 0 bridgehead atoms. The predicted molar refractivity (Wildman–Crippen MR) is 115 cm³/mol. The highest BCUT2D eigenvalue weighted by Crippen LogP contribution is 2.22. The van der Waals surface area contributed by atoms with Crippen LogP contribution in [0.15, 0.2) is 46.0 Å². The number of carbonyl (C=O) groups excluding carboxylic acids is 1. The van der Waals surface area contributed by atoms with E-state index in [0.717, 1.165) is 4.57 Å². The second-order valence-electron chi connectivity index (χ2n) is 7.12. The molecule has 0 fully saturated rings. The lowest BCUT2D eigenvalue weighted by Gasteiger charge is -2.14. The number of aryl methyl sites for hydroxylation is 4. The quantitative estimate of drug-likeness (QED) is 0.476. The van der Waals surface area contributed by atoms with Crippen molar-refractivity contribution in [2.45, 2.75) is 13.8 Å². The molecule has 0 atom stereocenters. The summed E-state index contributed by atoms with van der Waals surface area (Å²) in [4.78, 5) is 39.4. The van der Waals surface area contributed by atoms with Crippen molar-refractivity contribution in [1.82, 2.24) is 18.9 Å². The minimum Gasteiger partial charge on any atom is -0.296 e. The molecule has 0 aliphatic carbocycles. The van der Waals surface area contributed by atoms with E-state index in [1.165, 1.54) is 9.25 Å². The van der Waals surface area contributed by atoms with E-state index >= 15 is 0 Å². The van der Waals surface area contributed by atoms with E-state index in [9.17, 15) is 14.4 Å². The fourth-order valence-corrected chi connectivity index (χ4v) is 3.86. The number of carbonyl (C=O) groups is 1. The Bertz CT molecular complexity index is 1460. The van der Waals surface area contributed by atoms with Crippen molar-refractivity contribution in [3.63, 3.8) is 0 Å². The molecule has 30 heavy (non-hydrogen) atoms. The summed E-state index contributed by atoms with van der Waals surface area (Å²) < 4.78 is 3.91. The van der Waals surface area contributed by atoms with Crippen molar-refractivity contribution < 1.29 is 4.79 Å². The van der Waals surface area contributed by atoms with Crippen LogP contribution in [-0.4, -0.2) is 24.7 Å². The first-order chi connectivity index (χ1) is 14.2. The van der Waals surface area contributed by atoms with E-state index in [2.05, 4.69) is 11.3 Å². The number of hydrogen-bond acceptors (Lipinski definition) is 4. The summed E-state index contributed by atoms with van der Waals surface area (Å²) in [5, 5.41) is 4.87. The van der Waals surface area contributed by atoms with Crippen molar-refractivity contribution in [1.29, 1.82) is 0 Å². The average molecular weight is 422 g/mol. The molecule has 151 valence electrons. The van der Waals surface area contributed by atoms with Gasteiger partial charge in [-0.2, -0.15) is 5.10 Å². The van der Waals surface area contributed by atoms with Crippen molar-refractivity contribution in [2.75, 3.05) is 0 Å². The Morgan fingerprint density at radius 2 is 1.83 bits per heavy atom. The van der Waals surface area contributed by atoms with Gasteiger partial charge in [0, 0.05) is 24.7 Å². The van der Waals surface area contributed by atoms with Gasteiger partial charge in [-0.15, -0.1) is 0 Å². The number of ketones is 1. The van der Waals surface area contributed by atoms with Gasteiger partial charge in [-0.3, -0.25) is 18.8 Å². The Hall–Kier alpha value is -3.45. The van der Waals surface area contributed by atoms with Crippen LogP contribution in [0, 0.1) is 20.0 Å². The van der Waals surface area contributed by atoms with Crippen LogP contribution in [0.25, 0.3) is 16.6 Å². The van der Waals surface area contributed by atoms with Crippen molar-refractivity contribution in [3.05, 3.63) is 90.8 Å². The molecule has 0 saturated carbocycles. The first kappa shape index (κ1) is 19.8. The highest BCUT2D eigenvalue weighted by atomic mass is 35.5. The maximum Gasteiger partial charge on any atom is 0.335 e. The van der Waals surface area contributed by atoms with Crippen LogP contribution in [-0.2, 0) is 14.1 Å². The normalized spacial score (nSPS) is 11.2. The van der Waals surface area contributed by atoms with Crippen LogP contribution >= 0.6 is 11.6 Å². The van der Waals surface area contributed by atoms with Gasteiger partial charge in [0.1, 0.15) is 0 Å². The number of nitrogens with zero attached hydrogens (tertiary/aromatic N) is 4. The fraction of sp³-hybridized carbons (Fsp3) is 0.182. The highest BCUT2D eigenvalue weighted by molar-refractivity contribution is 6.30. The van der Waals surface area contributed by atoms with Crippen molar-refractivity contribution >= 4 is 28.3 Å². The lowest BCUT2D eigenvalue weighted by atomic mass is 9.96. The monoisotopic (exact) mass is 421 g/mol. The van der Waals surface area contributed by atoms with Gasteiger partial charge in [-0.25, -0.2) is 9.36 Å². The SMILES string of the molecule is Cc1nn(C)[c]c1C(=O)c1ccc2c(c1C)c(=O)n(-c1cccc(Cl)c1)c(=O)n2C. The Balaban J connectivity index is 2.04. The standard InChI is InChI=1S/C22H18ClN4O3/c1-12-16(20(28)17-11-25(3)24-13(17)2)8-9-18-19(12)21(29)27(22(30)26(18)4)15-7-5-6-14(23)10-15/h5-10H,1-4H3. The topological polar surface area (TPSA) is 78.9 Å². The number of aromatic nitrogens is 4. The molecule has 0 unspecified atom stereocenters. The first-order valence-electron chi connectivity index (χ1n) is 9.19. The van der Waals surface area contributed by atoms with Crippen LogP contribution in [0.5, 0.6) is 0 Å². The molecule has 4 rings (SSSR count). The van der Waals surface area contributed by atoms with E-state index in [0.29, 0.717) is 44.0 Å². The maximum absolute atomic E-state index is 13.4. The van der Waals surface area contributed by atoms with E-state index in [1.807, 2.05) is 0 Å². The largest absolute Gasteiger partial charge is 0.335 e. The van der Waals surface area contributed by atoms with E-state index in [1.54, 1.807) is 64.3 Å². The van der Waals surface area contributed by atoms with Crippen molar-refractivity contribution in [3.8, 4) is 5.69 Å². The molecular weight excluding hydrogens is 404 g/mol. The molecular formula is C22H18ClN4O3. The highest BCUT2D eigenvalue weighted by Gasteiger charge is 2.22. The Kier molecular flexibility index (Phi) is 4.70. The zero-order chi connectivity index (χ0) is 21.7. The van der Waals surface area contributed by atoms with Crippen LogP contribution in [0.4, 0.5) is 0 Å². The second kappa shape index (κ2) is 7.11. The zero-order valence-electron chi connectivity index (χ0n) is 16.9. The third-order valence-electron chi connectivity index (χ3n) is 5.17. The van der Waals surface area contributed by atoms with Gasteiger partial charge in [0.2, 0.25) is 0 Å². The second-order valence-corrected chi connectivity index (χ2v) is 7.56. The molecule has 0 N–H and O–H groups in total. The van der Waals surface area contributed by atoms with Gasteiger partial charge in [0.15, 0.2) is 5.78 Å². The van der Waals surface area contributed by atoms with Gasteiger partial charge in [0.05, 0.1) is 34.0 Å². The molecule has 2 aromatic heterocycles. The van der Waals surface area contributed by atoms with Crippen LogP contribution < -0.4 is 11.2 Å². The molecule has 1 radical (unpaired) electrons. The van der Waals surface area contributed by atoms with Gasteiger partial charge < -0.3 is 0 Å². The van der Waals surface area contributed by atoms with E-state index in [4.69, 9.17) is 11.6 Å². The number of hydrogen-bond donors (Lipinski definition) is 0. The Labute approximate surface area is 176 Å². The predicted octanol–water partition coefficient (Wildman–Crippen LogP) is 2.72. The molecule has 7 nitrogen and oxygen atoms in total. The summed E-state index contributed by atoms with van der Waals surface area (Å²) in [5.74, 6) is -0.275. The van der Waals surface area contributed by atoms with Crippen molar-refractivity contribution in [2.24, 2.45) is 14.1 Å². The van der Waals surface area contributed by atoms with Crippen LogP contribution in [0.2, 0.25) is 5.02 Å². The smallest absolute Gasteiger partial charge is 0.296 e. The summed E-state index contributed by atoms with van der Waals surface area (Å²) in [6.45, 7) is 3.44. The number of benzene rings is 2. The molecule has 2 heterocycles. The number of rotatable bonds is 3. The summed E-state index contributed by atoms with van der Waals surface area (Å²) in [5.41, 5.74) is 1.57. The van der Waals surface area contributed by atoms with Gasteiger partial charge >= 0.3 is 5.69 Å². The van der Waals surface area contributed by atoms with Crippen LogP contribution in [0.3, 0.4) is 0 Å². The van der Waals surface area contributed by atoms with Gasteiger partial charge in [-0.05, 0) is 49.7 Å². The van der Waals surface area contributed by atoms with Crippen LogP contribution in [0.1, 0.15) is 27.2 Å². The Morgan fingerprint density at radius 1 is 1.10 bits per heavy atom. The third-order valence-corrected chi connectivity index (χ3v) is 5.41. The summed E-state index contributed by atoms with van der Waals surface area (Å²) in [6.07, 6.45) is 2.90. The maximum atomic E-state index is 13.4. The lowest BCUT2D eigenvalue weighted by molar-refractivity contribution is 0.103. The molecule has 4 aromatic rings. The fourth-order valence-electron chi connectivity index (χ4n) is 3.68. The summed E-state index contributed by atoms with van der Waals surface area (Å²) >= 11 is 6.06. The molecule has 0 amide bonds. The third kappa shape index (κ3) is 2.98. The minimum absolute atomic E-state index is 0.275. The summed E-state index contributed by atoms with van der Waals surface area (Å²) in [7, 11) is 3.28. The van der Waals surface area contributed by atoms with Gasteiger partial charge in [0.25, 0.3) is 5.56 Å². The number of fused-ring (bicyclic) bond motifs is 1. The molecule has 0 saturated heterocycles. The lowest BCUT2D eigenvalue weighted by Crippen LogP contribution is -2.38. The molecule has 0 spiro atoms. The molecule has 2 aromatic carbocycles. The Morgan fingerprint density at radius 3 is 2.47 bits per heavy atom. The van der Waals surface area contributed by atoms with E-state index in [-0.39, 0.29) is 5.78 Å². The first-order valence-corrected chi connectivity index (χ1v) is 9.57. The zero-order valence-corrected chi connectivity index (χ0v) is 17.6. The van der Waals surface area contributed by atoms with E-state index < -0.39 is 11.2 Å². The number of halogens is 1. The minimum atomic E-state index is -0.505.